The number of hydrogen-bond acceptors (Lipinski definition) is 24. The first-order chi connectivity index (χ1) is 63.0. The first kappa shape index (κ1) is 88.0. The lowest BCUT2D eigenvalue weighted by Crippen LogP contribution is -2.28. The van der Waals surface area contributed by atoms with E-state index in [0.717, 1.165) is 212 Å². The van der Waals surface area contributed by atoms with Gasteiger partial charge in [0.2, 0.25) is 10.0 Å². The maximum atomic E-state index is 11.9. The van der Waals surface area contributed by atoms with Crippen molar-refractivity contribution in [3.8, 4) is 135 Å². The third-order valence-electron chi connectivity index (χ3n) is 24.1. The molecule has 13 heterocycles. The van der Waals surface area contributed by atoms with Crippen LogP contribution in [0.15, 0.2) is 221 Å². The van der Waals surface area contributed by atoms with Crippen molar-refractivity contribution in [2.45, 2.75) is 82.8 Å². The van der Waals surface area contributed by atoms with Crippen LogP contribution in [0.3, 0.4) is 0 Å². The molecule has 20 rings (SSSR count). The fourth-order valence-electron chi connectivity index (χ4n) is 16.6. The number of aryl methyl sites for hydroxylation is 8. The quantitative estimate of drug-likeness (QED) is 0.0309. The predicted molar refractivity (Wildman–Crippen MR) is 505 cm³/mol. The Kier molecular flexibility index (Phi) is 26.8. The molecule has 33 nitrogen and oxygen atoms in total. The van der Waals surface area contributed by atoms with Crippen LogP contribution in [0.25, 0.3) is 135 Å². The highest BCUT2D eigenvalue weighted by molar-refractivity contribution is 7.88. The molecule has 3 saturated carbocycles. The Bertz CT molecular complexity index is 6480. The van der Waals surface area contributed by atoms with Crippen molar-refractivity contribution in [3.63, 3.8) is 0 Å². The average Bonchev–Trinajstić information content (AvgIpc) is 1.51. The van der Waals surface area contributed by atoms with Crippen LogP contribution < -0.4 is 21.3 Å². The molecule has 16 aromatic rings. The Morgan fingerprint density at radius 3 is 0.731 bits per heavy atom. The first-order valence-corrected chi connectivity index (χ1v) is 46.0. The second-order valence-electron chi connectivity index (χ2n) is 34.5. The molecule has 1 aliphatic heterocycles. The summed E-state index contributed by atoms with van der Waals surface area (Å²) in [6.45, 7) is 4.28. The van der Waals surface area contributed by atoms with Gasteiger partial charge >= 0.3 is 0 Å². The van der Waals surface area contributed by atoms with Gasteiger partial charge in [-0.3, -0.25) is 37.5 Å². The Hall–Kier alpha value is -14.1. The van der Waals surface area contributed by atoms with Crippen molar-refractivity contribution in [2.24, 2.45) is 80.1 Å². The summed E-state index contributed by atoms with van der Waals surface area (Å²) in [5, 5.41) is 68.1. The highest BCUT2D eigenvalue weighted by Crippen LogP contribution is 2.39. The molecular formula is C96H109N29O4S. The molecule has 12 aromatic heterocycles. The lowest BCUT2D eigenvalue weighted by molar-refractivity contribution is 0.111. The number of anilines is 4. The number of sulfonamides is 1. The molecular weight excluding hydrogens is 1660 g/mol. The van der Waals surface area contributed by atoms with Gasteiger partial charge in [0.25, 0.3) is 0 Å². The van der Waals surface area contributed by atoms with E-state index in [1.54, 1.807) is 43.7 Å². The van der Waals surface area contributed by atoms with Crippen molar-refractivity contribution in [1.29, 1.82) is 0 Å². The van der Waals surface area contributed by atoms with Gasteiger partial charge in [-0.05, 0) is 141 Å². The molecule has 0 spiro atoms. The summed E-state index contributed by atoms with van der Waals surface area (Å²) in [7, 11) is 12.1. The average molecular weight is 1770 g/mol. The van der Waals surface area contributed by atoms with Crippen LogP contribution >= 0.6 is 0 Å². The van der Waals surface area contributed by atoms with Gasteiger partial charge in [-0.1, -0.05) is 72.8 Å². The Morgan fingerprint density at radius 1 is 0.292 bits per heavy atom. The third kappa shape index (κ3) is 22.2. The zero-order valence-corrected chi connectivity index (χ0v) is 75.4. The number of benzene rings is 4. The molecule has 0 radical (unpaired) electrons. The molecule has 1 atom stereocenters. The van der Waals surface area contributed by atoms with Crippen LogP contribution in [0, 0.1) is 23.7 Å². The van der Waals surface area contributed by atoms with Crippen LogP contribution in [0.1, 0.15) is 70.6 Å². The normalized spacial score (nSPS) is 16.8. The van der Waals surface area contributed by atoms with Gasteiger partial charge in [0.1, 0.15) is 23.3 Å². The molecule has 4 fully saturated rings. The fourth-order valence-corrected chi connectivity index (χ4v) is 17.5. The molecule has 4 aliphatic rings. The van der Waals surface area contributed by atoms with E-state index < -0.39 is 10.0 Å². The molecule has 3 aliphatic carbocycles. The Morgan fingerprint density at radius 2 is 0.515 bits per heavy atom. The Balaban J connectivity index is 0.000000122. The van der Waals surface area contributed by atoms with Crippen LogP contribution in [-0.2, 0) is 66.4 Å². The SMILES string of the molecule is Cn1cc(-c2cccc(-c3ncc(-c4cnn(C)c4)c(NCC4CC4)n3)c2)cn1.Cn1cc(-c2cccc(-c3ncc(-c4cnn(C)c4)c(NCC4CCC(O)CC4)n3)c2)cn1.Cn1cc(-c2cccc(-c3ncc(-c4cnn(C)c4)c(NCC4CCC(O)CC4)n3)c2)cn1.Cn1cc(-c2cccc(-c3ncc(-c4cnn(C)c4)c(NCC4CCN(S(C)(=O)=O)C4)n3)c2)cn1. The summed E-state index contributed by atoms with van der Waals surface area (Å²) >= 11 is 0. The minimum absolute atomic E-state index is 0.148. The van der Waals surface area contributed by atoms with Crippen LogP contribution in [-0.4, -0.2) is 199 Å². The van der Waals surface area contributed by atoms with Gasteiger partial charge in [-0.15, -0.1) is 0 Å². The summed E-state index contributed by atoms with van der Waals surface area (Å²) in [6.07, 6.45) is 50.0. The molecule has 0 amide bonds. The minimum Gasteiger partial charge on any atom is -0.393 e. The number of aliphatic hydroxyl groups excluding tert-OH is 2. The molecule has 1 unspecified atom stereocenters. The molecule has 0 bridgehead atoms. The second-order valence-corrected chi connectivity index (χ2v) is 36.4. The van der Waals surface area contributed by atoms with Crippen LogP contribution in [0.5, 0.6) is 0 Å². The maximum absolute atomic E-state index is 11.9. The number of aliphatic hydroxyl groups is 2. The summed E-state index contributed by atoms with van der Waals surface area (Å²) in [4.78, 5) is 38.4. The topological polar surface area (TPSA) is 372 Å². The highest BCUT2D eigenvalue weighted by Gasteiger charge is 2.30. The van der Waals surface area contributed by atoms with E-state index in [2.05, 4.69) is 114 Å². The molecule has 1 saturated heterocycles. The lowest BCUT2D eigenvalue weighted by Gasteiger charge is -2.26. The van der Waals surface area contributed by atoms with Crippen molar-refractivity contribution < 1.29 is 18.6 Å². The van der Waals surface area contributed by atoms with E-state index in [1.165, 1.54) is 23.4 Å². The van der Waals surface area contributed by atoms with Crippen LogP contribution in [0.2, 0.25) is 0 Å². The van der Waals surface area contributed by atoms with Gasteiger partial charge < -0.3 is 31.5 Å². The molecule has 4 aromatic carbocycles. The van der Waals surface area contributed by atoms with E-state index in [9.17, 15) is 18.6 Å². The number of hydrogen-bond donors (Lipinski definition) is 6. The van der Waals surface area contributed by atoms with E-state index >= 15 is 0 Å². The van der Waals surface area contributed by atoms with Gasteiger partial charge in [0, 0.05) is 259 Å². The smallest absolute Gasteiger partial charge is 0.211 e. The number of nitrogens with one attached hydrogen (secondary N) is 4. The van der Waals surface area contributed by atoms with Gasteiger partial charge in [0.05, 0.1) is 68.0 Å². The fraction of sp³-hybridized carbons (Fsp3) is 0.333. The van der Waals surface area contributed by atoms with Crippen molar-refractivity contribution in [2.75, 3.05) is 66.8 Å². The van der Waals surface area contributed by atoms with Crippen molar-refractivity contribution in [3.05, 3.63) is 221 Å². The molecule has 34 heteroatoms. The van der Waals surface area contributed by atoms with Gasteiger partial charge in [-0.25, -0.2) is 52.6 Å². The number of rotatable bonds is 25. The molecule has 668 valence electrons. The number of aromatic nitrogens is 24. The van der Waals surface area contributed by atoms with Gasteiger partial charge in [-0.2, -0.15) is 40.8 Å². The molecule has 6 N–H and O–H groups in total. The van der Waals surface area contributed by atoms with Crippen LogP contribution in [0.4, 0.5) is 23.3 Å². The van der Waals surface area contributed by atoms with Crippen molar-refractivity contribution >= 4 is 33.3 Å². The van der Waals surface area contributed by atoms with E-state index in [1.807, 2.05) is 229 Å². The zero-order valence-electron chi connectivity index (χ0n) is 74.6. The minimum atomic E-state index is -3.17. The monoisotopic (exact) mass is 1760 g/mol. The molecule has 130 heavy (non-hydrogen) atoms. The summed E-state index contributed by atoms with van der Waals surface area (Å²) in [5.41, 5.74) is 19.9. The Labute approximate surface area is 755 Å². The largest absolute Gasteiger partial charge is 0.393 e. The predicted octanol–water partition coefficient (Wildman–Crippen LogP) is 14.2. The van der Waals surface area contributed by atoms with E-state index in [-0.39, 0.29) is 18.1 Å². The van der Waals surface area contributed by atoms with Crippen molar-refractivity contribution in [1.82, 2.24) is 122 Å². The van der Waals surface area contributed by atoms with E-state index in [0.29, 0.717) is 60.6 Å². The summed E-state index contributed by atoms with van der Waals surface area (Å²) in [6, 6.07) is 32.8. The number of nitrogens with zero attached hydrogens (tertiary/aromatic N) is 25. The van der Waals surface area contributed by atoms with Gasteiger partial charge in [0.15, 0.2) is 23.3 Å². The summed E-state index contributed by atoms with van der Waals surface area (Å²) in [5.74, 6) is 7.88. The standard InChI is InChI=1S/2C25H29N7O.C24H28N8O2S.C22H23N7/c2*1-31-15-20(12-28-31)18-4-3-5-19(10-18)24-27-14-23(21-13-29-32(2)16-21)25(30-24)26-11-17-6-8-22(33)9-7-17;1-30-15-20(11-27-30)18-5-4-6-19(9-18)23-26-13-22(21-12-28-31(2)16-21)24(29-23)25-10-17-7-8-32(14-17)35(3,33)34;1-28-13-18(10-25-28)16-4-3-5-17(8-16)21-24-12-20(19-11-26-29(2)14-19)22(27-21)23-9-15-6-7-15/h2*3-5,10,12-17,22,33H,6-9,11H2,1-2H3,(H,26,27,30);4-6,9,11-13,15-17H,7-8,10,14H2,1-3H3,(H,25,26,29);3-5,8,10-15H,6-7,9H2,1-2H3,(H,23,24,27). The maximum Gasteiger partial charge on any atom is 0.211 e. The zero-order chi connectivity index (χ0) is 89.9. The summed E-state index contributed by atoms with van der Waals surface area (Å²) < 4.78 is 39.6. The third-order valence-corrected chi connectivity index (χ3v) is 25.4. The van der Waals surface area contributed by atoms with E-state index in [4.69, 9.17) is 29.9 Å². The highest BCUT2D eigenvalue weighted by atomic mass is 32.2. The second kappa shape index (κ2) is 39.7. The lowest BCUT2D eigenvalue weighted by atomic mass is 9.87. The first-order valence-electron chi connectivity index (χ1n) is 44.1.